The molecule has 2 fully saturated rings. The van der Waals surface area contributed by atoms with Crippen molar-refractivity contribution in [2.75, 3.05) is 13.7 Å². The lowest BCUT2D eigenvalue weighted by molar-refractivity contribution is -0.333. The first-order chi connectivity index (χ1) is 50.3. The van der Waals surface area contributed by atoms with Crippen LogP contribution in [0.5, 0.6) is 46.0 Å². The predicted molar refractivity (Wildman–Crippen MR) is 370 cm³/mol. The number of ether oxygens (including phenoxy) is 7. The zero-order valence-corrected chi connectivity index (χ0v) is 59.7. The highest BCUT2D eigenvalue weighted by molar-refractivity contribution is 6.32. The molecule has 20 N–H and O–H groups in total. The Balaban J connectivity index is 1.23. The van der Waals surface area contributed by atoms with Gasteiger partial charge in [0.25, 0.3) is 0 Å². The summed E-state index contributed by atoms with van der Waals surface area (Å²) in [7, 11) is 1.25. The van der Waals surface area contributed by atoms with Gasteiger partial charge in [-0.2, -0.15) is 0 Å². The van der Waals surface area contributed by atoms with Gasteiger partial charge in [0.2, 0.25) is 53.4 Å². The van der Waals surface area contributed by atoms with E-state index in [4.69, 9.17) is 67.8 Å². The highest BCUT2D eigenvalue weighted by atomic mass is 35.5. The van der Waals surface area contributed by atoms with Crippen molar-refractivity contribution in [1.82, 2.24) is 36.8 Å². The van der Waals surface area contributed by atoms with Gasteiger partial charge in [0.1, 0.15) is 95.5 Å². The monoisotopic (exact) mass is 1530 g/mol. The van der Waals surface area contributed by atoms with E-state index in [1.807, 2.05) is 0 Å². The third-order valence-electron chi connectivity index (χ3n) is 18.5. The van der Waals surface area contributed by atoms with Crippen LogP contribution >= 0.6 is 23.2 Å². The lowest BCUT2D eigenvalue weighted by Crippen LogP contribution is -2.64. The number of primary amides is 1. The van der Waals surface area contributed by atoms with Crippen molar-refractivity contribution < 1.29 is 127 Å². The summed E-state index contributed by atoms with van der Waals surface area (Å²) in [6.07, 6.45) is -20.8. The number of carboxylic acids is 1. The van der Waals surface area contributed by atoms with Gasteiger partial charge in [-0.25, -0.2) is 9.59 Å². The molecule has 8 amide bonds. The average Bonchev–Trinajstić information content (AvgIpc) is 0.769. The third kappa shape index (κ3) is 17.3. The molecule has 2 saturated heterocycles. The Labute approximate surface area is 619 Å². The number of carboxylic acid groups (broad SMARTS) is 1. The van der Waals surface area contributed by atoms with E-state index in [1.165, 1.54) is 27.0 Å². The Morgan fingerprint density at radius 3 is 1.89 bits per heavy atom. The SMILES string of the molecule is CC(C)C[C@H](C(=O)N[C@H]1C(=O)N[C@@H](CC(N)=O)C(=O)N[C@H]2C(=O)N[C@H]3C(=O)N[C@H](C(=O)N[C@H](C(=O)O)c4cc(O)cc(O)c4-c4cc3ccc4O)[C@H](O)c3ccc(c(Cl)c3)Oc3cc2cc(c3O[C@@H]2O[C@H](CO)[C@@H](O)[C@H](O)[C@H]2O[C@H]2C[C@](C)(N)[C@H](O)[C@H](C)O2)Oc2ccc(cc2Cl)[C@H]1O)N(C)C(=O)OC(C)C. The number of aliphatic carboxylic acids is 1. The zero-order valence-electron chi connectivity index (χ0n) is 58.2. The van der Waals surface area contributed by atoms with Crippen LogP contribution in [0.2, 0.25) is 10.0 Å². The number of aromatic hydroxyl groups is 3. The normalized spacial score (nSPS) is 28.4. The smallest absolute Gasteiger partial charge is 0.410 e. The molecular weight excluding hydrogens is 1450 g/mol. The first-order valence-corrected chi connectivity index (χ1v) is 34.3. The fraction of sp³-hybridized carbons (Fsp3) is 0.443. The number of aliphatic hydroxyl groups is 6. The van der Waals surface area contributed by atoms with E-state index < -0.39 is 260 Å². The highest BCUT2D eigenvalue weighted by Gasteiger charge is 2.52. The first-order valence-electron chi connectivity index (χ1n) is 33.6. The molecule has 0 saturated carbocycles. The molecule has 0 radical (unpaired) electrons. The number of amides is 8. The van der Waals surface area contributed by atoms with Crippen molar-refractivity contribution >= 4 is 76.6 Å². The third-order valence-corrected chi connectivity index (χ3v) is 19.1. The second-order valence-corrected chi connectivity index (χ2v) is 28.2. The van der Waals surface area contributed by atoms with Gasteiger partial charge < -0.3 is 128 Å². The maximum absolute atomic E-state index is 16.1. The minimum atomic E-state index is -2.40. The number of phenolic OH excluding ortho intramolecular Hbond substituents is 3. The van der Waals surface area contributed by atoms with Crippen LogP contribution < -0.4 is 57.6 Å². The van der Waals surface area contributed by atoms with Crippen molar-refractivity contribution in [2.24, 2.45) is 17.4 Å². The Morgan fingerprint density at radius 1 is 0.710 bits per heavy atom. The Bertz CT molecular complexity index is 4300. The Hall–Kier alpha value is -9.89. The summed E-state index contributed by atoms with van der Waals surface area (Å²) in [5.41, 5.74) is 7.83. The van der Waals surface area contributed by atoms with Crippen LogP contribution in [0.15, 0.2) is 78.9 Å². The fourth-order valence-corrected chi connectivity index (χ4v) is 13.4. The molecule has 12 rings (SSSR count). The number of benzene rings is 5. The van der Waals surface area contributed by atoms with Gasteiger partial charge in [0.15, 0.2) is 29.9 Å². The summed E-state index contributed by atoms with van der Waals surface area (Å²) in [6, 6.07) is -1.77. The first kappa shape index (κ1) is 79.7. The number of hydrogen-bond donors (Lipinski definition) is 18. The number of halogens is 2. The summed E-state index contributed by atoms with van der Waals surface area (Å²) in [5, 5.41) is 128. The van der Waals surface area contributed by atoms with Gasteiger partial charge in [-0.15, -0.1) is 0 Å². The van der Waals surface area contributed by atoms with Crippen LogP contribution in [0.1, 0.15) is 119 Å². The van der Waals surface area contributed by atoms with Gasteiger partial charge in [0.05, 0.1) is 41.4 Å². The summed E-state index contributed by atoms with van der Waals surface area (Å²) in [4.78, 5) is 133. The largest absolute Gasteiger partial charge is 0.508 e. The molecule has 0 unspecified atom stereocenters. The van der Waals surface area contributed by atoms with Crippen molar-refractivity contribution in [2.45, 2.75) is 176 Å². The van der Waals surface area contributed by atoms with Crippen LogP contribution in [-0.4, -0.2) is 208 Å². The number of aliphatic hydroxyl groups excluding tert-OH is 6. The van der Waals surface area contributed by atoms with E-state index in [9.17, 15) is 75.0 Å². The highest BCUT2D eigenvalue weighted by Crippen LogP contribution is 2.50. The number of carbonyl (C=O) groups is 9. The van der Waals surface area contributed by atoms with Crippen LogP contribution in [0, 0.1) is 5.92 Å². The molecule has 7 heterocycles. The quantitative estimate of drug-likeness (QED) is 0.0746. The van der Waals surface area contributed by atoms with Gasteiger partial charge >= 0.3 is 12.1 Å². The summed E-state index contributed by atoms with van der Waals surface area (Å²) in [5.74, 6) is -16.9. The van der Waals surface area contributed by atoms with E-state index in [1.54, 1.807) is 27.7 Å². The number of likely N-dealkylation sites (N-methyl/N-ethyl adjacent to an activating group) is 1. The number of rotatable bonds is 14. The molecule has 0 aromatic heterocycles. The number of phenols is 3. The molecule has 7 aliphatic rings. The molecule has 5 aromatic carbocycles. The van der Waals surface area contributed by atoms with Crippen molar-refractivity contribution in [1.29, 1.82) is 0 Å². The summed E-state index contributed by atoms with van der Waals surface area (Å²) in [6.45, 7) is 8.56. The maximum Gasteiger partial charge on any atom is 0.410 e. The average molecular weight is 1540 g/mol. The van der Waals surface area contributed by atoms with E-state index >= 15 is 19.2 Å². The number of nitrogens with one attached hydrogen (secondary N) is 6. The standard InChI is InChI=1S/C70H81Cl2N9O26/c1-25(2)14-38(81(7)69(100)101-26(3)4)62(93)79-52-54(87)29-9-12-41(35(71)16-29)103-43-18-31-19-44(58(43)107-68-59(57(90)56(89)45(24-82)105-68)106-47-23-70(6,74)60(91)27(5)102-47)104-42-13-10-30(17-36(42)72)55(88)53-66(97)78-51(67(98)99)34-20-32(83)21-40(85)48(34)33-15-28(8-11-39(33)84)49(63(94)80-53)77-64(95)50(31)76-61(92)37(22-46(73)86)75-65(52)96/h8-13,15-21,25-27,37-38,45,47,49-57,59-60,68,82-85,87-91H,14,22-24,74H2,1-7H3,(H2,73,86)(H,75,96)(H,76,92)(H,77,95)(H,78,97)(H,79,93)(H,80,94)(H,98,99)/t27-,37-,38+,45+,47-,49+,50+,51-,52+,53-,54+,55+,56+,57-,59+,60+,68-,70-/m0/s1. The van der Waals surface area contributed by atoms with E-state index in [0.29, 0.717) is 0 Å². The van der Waals surface area contributed by atoms with Gasteiger partial charge in [-0.1, -0.05) is 55.2 Å². The lowest BCUT2D eigenvalue weighted by atomic mass is 9.86. The molecule has 37 heteroatoms. The van der Waals surface area contributed by atoms with Crippen molar-refractivity contribution in [3.63, 3.8) is 0 Å². The molecule has 11 bridgehead atoms. The van der Waals surface area contributed by atoms with Crippen molar-refractivity contribution in [3.05, 3.63) is 117 Å². The topological polar surface area (TPSA) is 548 Å². The van der Waals surface area contributed by atoms with Crippen LogP contribution in [0.4, 0.5) is 4.79 Å². The second-order valence-electron chi connectivity index (χ2n) is 27.4. The van der Waals surface area contributed by atoms with Crippen LogP contribution in [-0.2, 0) is 57.3 Å². The van der Waals surface area contributed by atoms with Gasteiger partial charge in [-0.3, -0.25) is 38.5 Å². The molecule has 18 atom stereocenters. The molecule has 0 aliphatic carbocycles. The summed E-state index contributed by atoms with van der Waals surface area (Å²) >= 11 is 14.2. The minimum absolute atomic E-state index is 0.0611. The molecule has 0 spiro atoms. The number of nitrogens with zero attached hydrogens (tertiary/aromatic N) is 1. The van der Waals surface area contributed by atoms with Crippen LogP contribution in [0.25, 0.3) is 11.1 Å². The Morgan fingerprint density at radius 2 is 1.31 bits per heavy atom. The lowest BCUT2D eigenvalue weighted by Gasteiger charge is -2.47. The van der Waals surface area contributed by atoms with E-state index in [0.717, 1.165) is 77.7 Å². The van der Waals surface area contributed by atoms with Crippen molar-refractivity contribution in [3.8, 4) is 57.1 Å². The molecule has 107 heavy (non-hydrogen) atoms. The zero-order chi connectivity index (χ0) is 78.3. The molecule has 5 aromatic rings. The fourth-order valence-electron chi connectivity index (χ4n) is 13.0. The number of fused-ring (bicyclic) bond motifs is 15. The van der Waals surface area contributed by atoms with E-state index in [2.05, 4.69) is 31.9 Å². The van der Waals surface area contributed by atoms with Crippen LogP contribution in [0.3, 0.4) is 0 Å². The van der Waals surface area contributed by atoms with E-state index in [-0.39, 0.29) is 35.4 Å². The summed E-state index contributed by atoms with van der Waals surface area (Å²) < 4.78 is 43.7. The maximum atomic E-state index is 16.1. The molecule has 7 aliphatic heterocycles. The predicted octanol–water partition coefficient (Wildman–Crippen LogP) is 1.36. The number of carbonyl (C=O) groups excluding carboxylic acids is 8. The number of hydrogen-bond acceptors (Lipinski definition) is 26. The number of nitrogens with two attached hydrogens (primary N) is 2. The second kappa shape index (κ2) is 32.3. The van der Waals surface area contributed by atoms with Gasteiger partial charge in [0, 0.05) is 41.8 Å². The van der Waals surface area contributed by atoms with Gasteiger partial charge in [-0.05, 0) is 117 Å². The Kier molecular flexibility index (Phi) is 24.0. The molecule has 576 valence electrons. The molecular formula is C70H81Cl2N9O26. The molecule has 35 nitrogen and oxygen atoms in total. The minimum Gasteiger partial charge on any atom is -0.508 e.